The van der Waals surface area contributed by atoms with Crippen LogP contribution in [0, 0.1) is 5.95 Å². The number of amides is 1. The molecule has 1 fully saturated rings. The zero-order chi connectivity index (χ0) is 32.4. The van der Waals surface area contributed by atoms with Crippen molar-refractivity contribution in [3.05, 3.63) is 54.7 Å². The summed E-state index contributed by atoms with van der Waals surface area (Å²) in [6, 6.07) is 12.4. The van der Waals surface area contributed by atoms with Gasteiger partial charge in [0.25, 0.3) is 0 Å². The molecule has 0 N–H and O–H groups in total. The Morgan fingerprint density at radius 3 is 2.40 bits per heavy atom. The number of halogens is 1. The van der Waals surface area contributed by atoms with Crippen LogP contribution in [-0.2, 0) is 16.2 Å². The molecule has 5 rings (SSSR count). The van der Waals surface area contributed by atoms with Gasteiger partial charge in [0.05, 0.1) is 18.2 Å². The molecule has 0 saturated carbocycles. The number of rotatable bonds is 9. The maximum absolute atomic E-state index is 15.0. The van der Waals surface area contributed by atoms with Crippen molar-refractivity contribution < 1.29 is 23.4 Å². The molecule has 1 saturated heterocycles. The Morgan fingerprint density at radius 2 is 1.71 bits per heavy atom. The zero-order valence-electron chi connectivity index (χ0n) is 27.3. The number of carbonyl (C=O) groups is 1. The highest BCUT2D eigenvalue weighted by Gasteiger charge is 2.27. The molecule has 0 spiro atoms. The predicted octanol–water partition coefficient (Wildman–Crippen LogP) is 6.68. The standard InChI is InChI=1S/C33H43FN6O4Si/c1-33(2,3)44-32(41)39-16-14-38(15-17-39)28-21-24(10-12-35-28)30-25-20-23(29-27(42-4)11-13-36-31(29)34)8-9-26(25)40(37-30)22-43-18-19-45(5,6)7/h8-13,20-21H,14-19,22H2,1-7H3. The van der Waals surface area contributed by atoms with Gasteiger partial charge in [-0.3, -0.25) is 0 Å². The summed E-state index contributed by atoms with van der Waals surface area (Å²) in [6.45, 7) is 15.9. The number of hydrogen-bond donors (Lipinski definition) is 0. The molecule has 3 aromatic heterocycles. The number of anilines is 1. The second kappa shape index (κ2) is 13.1. The normalized spacial score (nSPS) is 14.2. The van der Waals surface area contributed by atoms with Crippen LogP contribution in [0.2, 0.25) is 25.7 Å². The molecule has 0 aliphatic carbocycles. The first kappa shape index (κ1) is 32.4. The van der Waals surface area contributed by atoms with Crippen LogP contribution in [-0.4, -0.2) is 84.3 Å². The molecule has 0 unspecified atom stereocenters. The lowest BCUT2D eigenvalue weighted by molar-refractivity contribution is 0.0240. The van der Waals surface area contributed by atoms with E-state index in [1.165, 1.54) is 13.3 Å². The first-order valence-corrected chi connectivity index (χ1v) is 19.0. The minimum absolute atomic E-state index is 0.297. The number of carbonyl (C=O) groups excluding carboxylic acids is 1. The van der Waals surface area contributed by atoms with E-state index in [1.54, 1.807) is 17.2 Å². The maximum atomic E-state index is 15.0. The highest BCUT2D eigenvalue weighted by Crippen LogP contribution is 2.37. The lowest BCUT2D eigenvalue weighted by Crippen LogP contribution is -2.50. The average molecular weight is 635 g/mol. The number of aromatic nitrogens is 4. The third-order valence-corrected chi connectivity index (χ3v) is 9.31. The fourth-order valence-corrected chi connectivity index (χ4v) is 5.97. The van der Waals surface area contributed by atoms with E-state index in [4.69, 9.17) is 19.3 Å². The molecule has 0 radical (unpaired) electrons. The summed E-state index contributed by atoms with van der Waals surface area (Å²) in [4.78, 5) is 25.0. The summed E-state index contributed by atoms with van der Waals surface area (Å²) in [5.41, 5.74) is 2.87. The number of benzene rings is 1. The molecule has 1 aromatic carbocycles. The van der Waals surface area contributed by atoms with Crippen LogP contribution in [0.3, 0.4) is 0 Å². The molecule has 45 heavy (non-hydrogen) atoms. The molecule has 10 nitrogen and oxygen atoms in total. The van der Waals surface area contributed by atoms with Crippen LogP contribution >= 0.6 is 0 Å². The van der Waals surface area contributed by atoms with E-state index in [0.717, 1.165) is 34.0 Å². The van der Waals surface area contributed by atoms with E-state index in [0.29, 0.717) is 56.4 Å². The minimum Gasteiger partial charge on any atom is -0.496 e. The summed E-state index contributed by atoms with van der Waals surface area (Å²) in [7, 11) is 0.269. The summed E-state index contributed by atoms with van der Waals surface area (Å²) >= 11 is 0. The molecule has 4 aromatic rings. The molecule has 1 aliphatic rings. The van der Waals surface area contributed by atoms with E-state index >= 15 is 0 Å². The van der Waals surface area contributed by atoms with Gasteiger partial charge in [-0.15, -0.1) is 0 Å². The summed E-state index contributed by atoms with van der Waals surface area (Å²) < 4.78 is 34.0. The van der Waals surface area contributed by atoms with Gasteiger partial charge in [0.2, 0.25) is 5.95 Å². The molecule has 0 bridgehead atoms. The van der Waals surface area contributed by atoms with Gasteiger partial charge in [0, 0.05) is 64.2 Å². The fraction of sp³-hybridized carbons (Fsp3) is 0.455. The van der Waals surface area contributed by atoms with E-state index in [1.807, 2.05) is 55.8 Å². The SMILES string of the molecule is COc1ccnc(F)c1-c1ccc2c(c1)c(-c1ccnc(N3CCN(C(=O)OC(C)(C)C)CC3)c1)nn2COCC[Si](C)(C)C. The van der Waals surface area contributed by atoms with Crippen molar-refractivity contribution >= 4 is 30.9 Å². The number of fused-ring (bicyclic) bond motifs is 1. The highest BCUT2D eigenvalue weighted by atomic mass is 28.3. The second-order valence-corrected chi connectivity index (χ2v) is 19.1. The van der Waals surface area contributed by atoms with Crippen LogP contribution < -0.4 is 9.64 Å². The molecule has 0 atom stereocenters. The molecule has 1 amide bonds. The Hall–Kier alpha value is -4.03. The second-order valence-electron chi connectivity index (χ2n) is 13.5. The van der Waals surface area contributed by atoms with Gasteiger partial charge in [-0.1, -0.05) is 25.7 Å². The van der Waals surface area contributed by atoms with Gasteiger partial charge in [0.1, 0.15) is 29.6 Å². The van der Waals surface area contributed by atoms with Crippen LogP contribution in [0.4, 0.5) is 15.0 Å². The Kier molecular flexibility index (Phi) is 9.45. The topological polar surface area (TPSA) is 94.8 Å². The minimum atomic E-state index is -1.25. The van der Waals surface area contributed by atoms with Crippen molar-refractivity contribution in [3.63, 3.8) is 0 Å². The van der Waals surface area contributed by atoms with Gasteiger partial charge in [-0.25, -0.2) is 19.4 Å². The van der Waals surface area contributed by atoms with Crippen molar-refractivity contribution in [3.8, 4) is 28.1 Å². The Morgan fingerprint density at radius 1 is 0.978 bits per heavy atom. The largest absolute Gasteiger partial charge is 0.496 e. The predicted molar refractivity (Wildman–Crippen MR) is 177 cm³/mol. The van der Waals surface area contributed by atoms with Gasteiger partial charge in [-0.05, 0) is 62.7 Å². The van der Waals surface area contributed by atoms with Crippen LogP contribution in [0.15, 0.2) is 48.8 Å². The Bertz CT molecular complexity index is 1660. The van der Waals surface area contributed by atoms with E-state index in [-0.39, 0.29) is 6.09 Å². The molecule has 240 valence electrons. The number of methoxy groups -OCH3 is 1. The van der Waals surface area contributed by atoms with E-state index in [2.05, 4.69) is 34.5 Å². The lowest BCUT2D eigenvalue weighted by Gasteiger charge is -2.36. The van der Waals surface area contributed by atoms with Gasteiger partial charge < -0.3 is 24.0 Å². The molecular formula is C33H43FN6O4Si. The monoisotopic (exact) mass is 634 g/mol. The van der Waals surface area contributed by atoms with E-state index in [9.17, 15) is 9.18 Å². The highest BCUT2D eigenvalue weighted by molar-refractivity contribution is 6.76. The smallest absolute Gasteiger partial charge is 0.410 e. The number of hydrogen-bond acceptors (Lipinski definition) is 8. The van der Waals surface area contributed by atoms with Crippen molar-refractivity contribution in [1.29, 1.82) is 0 Å². The van der Waals surface area contributed by atoms with Crippen molar-refractivity contribution in [2.45, 2.75) is 58.8 Å². The first-order chi connectivity index (χ1) is 21.3. The maximum Gasteiger partial charge on any atom is 0.410 e. The average Bonchev–Trinajstić information content (AvgIpc) is 3.35. The number of pyridine rings is 2. The molecule has 12 heteroatoms. The van der Waals surface area contributed by atoms with Crippen LogP contribution in [0.1, 0.15) is 20.8 Å². The summed E-state index contributed by atoms with van der Waals surface area (Å²) in [5, 5.41) is 5.84. The number of piperazine rings is 1. The van der Waals surface area contributed by atoms with Crippen LogP contribution in [0.5, 0.6) is 5.75 Å². The third-order valence-electron chi connectivity index (χ3n) is 7.61. The molecular weight excluding hydrogens is 591 g/mol. The van der Waals surface area contributed by atoms with Crippen molar-refractivity contribution in [1.82, 2.24) is 24.6 Å². The van der Waals surface area contributed by atoms with Crippen molar-refractivity contribution in [2.24, 2.45) is 0 Å². The lowest BCUT2D eigenvalue weighted by atomic mass is 10.0. The molecule has 4 heterocycles. The zero-order valence-corrected chi connectivity index (χ0v) is 28.3. The summed E-state index contributed by atoms with van der Waals surface area (Å²) in [5.74, 6) is 0.595. The Labute approximate surface area is 265 Å². The third kappa shape index (κ3) is 7.80. The molecule has 1 aliphatic heterocycles. The fourth-order valence-electron chi connectivity index (χ4n) is 5.21. The van der Waals surface area contributed by atoms with Gasteiger partial charge in [-0.2, -0.15) is 9.49 Å². The van der Waals surface area contributed by atoms with Crippen LogP contribution in [0.25, 0.3) is 33.3 Å². The Balaban J connectivity index is 1.46. The van der Waals surface area contributed by atoms with Gasteiger partial charge in [0.15, 0.2) is 0 Å². The number of ether oxygens (including phenoxy) is 3. The quantitative estimate of drug-likeness (QED) is 0.114. The van der Waals surface area contributed by atoms with Gasteiger partial charge >= 0.3 is 6.09 Å². The number of nitrogens with zero attached hydrogens (tertiary/aromatic N) is 6. The first-order valence-electron chi connectivity index (χ1n) is 15.3. The summed E-state index contributed by atoms with van der Waals surface area (Å²) in [6.07, 6.45) is 2.86. The van der Waals surface area contributed by atoms with Crippen molar-refractivity contribution in [2.75, 3.05) is 44.8 Å². The van der Waals surface area contributed by atoms with E-state index < -0.39 is 19.6 Å².